The van der Waals surface area contributed by atoms with Gasteiger partial charge in [0.25, 0.3) is 10.1 Å². The summed E-state index contributed by atoms with van der Waals surface area (Å²) in [6.07, 6.45) is 0.610. The maximum absolute atomic E-state index is 12.0. The van der Waals surface area contributed by atoms with Crippen molar-refractivity contribution in [2.24, 2.45) is 0 Å². The van der Waals surface area contributed by atoms with Crippen LogP contribution in [0.2, 0.25) is 0 Å². The van der Waals surface area contributed by atoms with Crippen LogP contribution in [0.1, 0.15) is 12.5 Å². The second-order valence-corrected chi connectivity index (χ2v) is 7.00. The quantitative estimate of drug-likeness (QED) is 0.396. The Bertz CT molecular complexity index is 768. The van der Waals surface area contributed by atoms with Gasteiger partial charge in [0.2, 0.25) is 0 Å². The summed E-state index contributed by atoms with van der Waals surface area (Å²) in [5, 5.41) is 0. The first kappa shape index (κ1) is 19.0. The molecule has 1 aliphatic rings. The maximum Gasteiger partial charge on any atom is 0.453 e. The fourth-order valence-corrected chi connectivity index (χ4v) is 3.02. The third kappa shape index (κ3) is 4.02. The van der Waals surface area contributed by atoms with Crippen LogP contribution in [0.5, 0.6) is 11.5 Å². The molecular formula is C15H18O9S. The Balaban J connectivity index is 2.24. The van der Waals surface area contributed by atoms with Crippen molar-refractivity contribution in [3.63, 3.8) is 0 Å². The highest BCUT2D eigenvalue weighted by Gasteiger charge is 2.59. The van der Waals surface area contributed by atoms with Crippen LogP contribution < -0.4 is 9.47 Å². The number of methoxy groups -OCH3 is 2. The van der Waals surface area contributed by atoms with Crippen LogP contribution in [-0.4, -0.2) is 52.7 Å². The molecule has 1 atom stereocenters. The van der Waals surface area contributed by atoms with E-state index in [0.717, 1.165) is 20.5 Å². The number of carbonyl (C=O) groups is 2. The average Bonchev–Trinajstić information content (AvgIpc) is 2.91. The van der Waals surface area contributed by atoms with Crippen LogP contribution in [-0.2, 0) is 39.8 Å². The van der Waals surface area contributed by atoms with Gasteiger partial charge in [0.05, 0.1) is 26.6 Å². The SMILES string of the molecule is COC(=O)C1(C(=O)OC)Oc2ccc(C[C@H](C)OS(C)(=O)=O)cc2O1. The lowest BCUT2D eigenvalue weighted by Gasteiger charge is -2.21. The van der Waals surface area contributed by atoms with Crippen LogP contribution in [0, 0.1) is 0 Å². The van der Waals surface area contributed by atoms with Crippen LogP contribution in [0.4, 0.5) is 0 Å². The van der Waals surface area contributed by atoms with Gasteiger partial charge >= 0.3 is 17.7 Å². The number of rotatable bonds is 6. The van der Waals surface area contributed by atoms with Crippen LogP contribution in [0.25, 0.3) is 0 Å². The number of esters is 2. The largest absolute Gasteiger partial charge is 0.463 e. The van der Waals surface area contributed by atoms with Gasteiger partial charge in [-0.1, -0.05) is 6.07 Å². The molecule has 0 aromatic heterocycles. The van der Waals surface area contributed by atoms with E-state index in [9.17, 15) is 18.0 Å². The smallest absolute Gasteiger partial charge is 0.453 e. The Morgan fingerprint density at radius 1 is 1.12 bits per heavy atom. The third-order valence-corrected chi connectivity index (χ3v) is 3.96. The first-order valence-electron chi connectivity index (χ1n) is 7.17. The standard InChI is InChI=1S/C15H18O9S/c1-9(24-25(4,18)19)7-10-5-6-11-12(8-10)23-15(22-11,13(16)20-2)14(17)21-3/h5-6,8-9H,7H2,1-4H3/t9-/m0/s1. The number of carbonyl (C=O) groups excluding carboxylic acids is 2. The molecule has 0 N–H and O–H groups in total. The van der Waals surface area contributed by atoms with Gasteiger partial charge in [-0.3, -0.25) is 4.18 Å². The lowest BCUT2D eigenvalue weighted by molar-refractivity contribution is -0.199. The van der Waals surface area contributed by atoms with Gasteiger partial charge in [-0.25, -0.2) is 9.59 Å². The number of fused-ring (bicyclic) bond motifs is 1. The minimum absolute atomic E-state index is 0.125. The van der Waals surface area contributed by atoms with Gasteiger partial charge in [-0.05, 0) is 31.0 Å². The predicted molar refractivity (Wildman–Crippen MR) is 83.6 cm³/mol. The fraction of sp³-hybridized carbons (Fsp3) is 0.467. The Morgan fingerprint density at radius 3 is 2.20 bits per heavy atom. The number of benzene rings is 1. The summed E-state index contributed by atoms with van der Waals surface area (Å²) < 4.78 is 47.0. The molecule has 9 nitrogen and oxygen atoms in total. The number of hydrogen-bond donors (Lipinski definition) is 0. The van der Waals surface area contributed by atoms with E-state index >= 15 is 0 Å². The molecular weight excluding hydrogens is 356 g/mol. The van der Waals surface area contributed by atoms with Crippen molar-refractivity contribution in [1.82, 2.24) is 0 Å². The van der Waals surface area contributed by atoms with Gasteiger partial charge in [0, 0.05) is 0 Å². The van der Waals surface area contributed by atoms with Gasteiger partial charge in [-0.2, -0.15) is 8.42 Å². The summed E-state index contributed by atoms with van der Waals surface area (Å²) in [5.74, 6) is -4.22. The highest BCUT2D eigenvalue weighted by molar-refractivity contribution is 7.86. The molecule has 0 radical (unpaired) electrons. The Labute approximate surface area is 144 Å². The number of ether oxygens (including phenoxy) is 4. The lowest BCUT2D eigenvalue weighted by Crippen LogP contribution is -2.55. The third-order valence-electron chi connectivity index (χ3n) is 3.29. The van der Waals surface area contributed by atoms with Crippen LogP contribution >= 0.6 is 0 Å². The monoisotopic (exact) mass is 374 g/mol. The Kier molecular flexibility index (Phi) is 5.23. The molecule has 0 saturated carbocycles. The molecule has 0 amide bonds. The van der Waals surface area contributed by atoms with Gasteiger partial charge in [0.1, 0.15) is 0 Å². The van der Waals surface area contributed by atoms with Crippen molar-refractivity contribution in [3.05, 3.63) is 23.8 Å². The molecule has 0 bridgehead atoms. The van der Waals surface area contributed by atoms with Crippen molar-refractivity contribution in [3.8, 4) is 11.5 Å². The summed E-state index contributed by atoms with van der Waals surface area (Å²) >= 11 is 0. The van der Waals surface area contributed by atoms with Gasteiger partial charge in [-0.15, -0.1) is 0 Å². The van der Waals surface area contributed by atoms with E-state index in [4.69, 9.17) is 13.7 Å². The minimum Gasteiger partial charge on any atom is -0.463 e. The van der Waals surface area contributed by atoms with Crippen molar-refractivity contribution in [2.75, 3.05) is 20.5 Å². The van der Waals surface area contributed by atoms with E-state index in [2.05, 4.69) is 9.47 Å². The summed E-state index contributed by atoms with van der Waals surface area (Å²) in [7, 11) is -1.42. The second kappa shape index (κ2) is 6.89. The van der Waals surface area contributed by atoms with E-state index < -0.39 is 33.9 Å². The number of hydrogen-bond acceptors (Lipinski definition) is 9. The van der Waals surface area contributed by atoms with Crippen molar-refractivity contribution in [1.29, 1.82) is 0 Å². The molecule has 1 aromatic carbocycles. The Morgan fingerprint density at radius 2 is 1.68 bits per heavy atom. The zero-order chi connectivity index (χ0) is 18.8. The molecule has 25 heavy (non-hydrogen) atoms. The van der Waals surface area contributed by atoms with Crippen molar-refractivity contribution < 1.29 is 41.1 Å². The molecule has 1 aromatic rings. The lowest BCUT2D eigenvalue weighted by atomic mass is 10.1. The molecule has 0 unspecified atom stereocenters. The van der Waals surface area contributed by atoms with Gasteiger partial charge < -0.3 is 18.9 Å². The van der Waals surface area contributed by atoms with E-state index in [1.165, 1.54) is 12.1 Å². The molecule has 2 rings (SSSR count). The van der Waals surface area contributed by atoms with E-state index in [-0.39, 0.29) is 17.9 Å². The van der Waals surface area contributed by atoms with E-state index in [1.54, 1.807) is 13.0 Å². The summed E-state index contributed by atoms with van der Waals surface area (Å²) in [6.45, 7) is 1.60. The van der Waals surface area contributed by atoms with Crippen LogP contribution in [0.15, 0.2) is 18.2 Å². The zero-order valence-electron chi connectivity index (χ0n) is 14.1. The maximum atomic E-state index is 12.0. The van der Waals surface area contributed by atoms with Crippen LogP contribution in [0.3, 0.4) is 0 Å². The highest BCUT2D eigenvalue weighted by Crippen LogP contribution is 2.41. The second-order valence-electron chi connectivity index (χ2n) is 5.40. The molecule has 0 saturated heterocycles. The summed E-state index contributed by atoms with van der Waals surface area (Å²) in [5.41, 5.74) is 0.657. The molecule has 0 fully saturated rings. The molecule has 10 heteroatoms. The zero-order valence-corrected chi connectivity index (χ0v) is 14.9. The first-order chi connectivity index (χ1) is 11.6. The normalized spacial score (nSPS) is 16.2. The van der Waals surface area contributed by atoms with Gasteiger partial charge in [0.15, 0.2) is 11.5 Å². The van der Waals surface area contributed by atoms with Crippen molar-refractivity contribution in [2.45, 2.75) is 25.2 Å². The first-order valence-corrected chi connectivity index (χ1v) is 8.99. The molecule has 0 aliphatic carbocycles. The highest BCUT2D eigenvalue weighted by atomic mass is 32.2. The average molecular weight is 374 g/mol. The minimum atomic E-state index is -3.58. The molecule has 1 heterocycles. The predicted octanol–water partition coefficient (Wildman–Crippen LogP) is 0.407. The van der Waals surface area contributed by atoms with E-state index in [1.807, 2.05) is 0 Å². The summed E-state index contributed by atoms with van der Waals surface area (Å²) in [4.78, 5) is 23.9. The molecule has 0 spiro atoms. The fourth-order valence-electron chi connectivity index (χ4n) is 2.36. The van der Waals surface area contributed by atoms with E-state index in [0.29, 0.717) is 5.56 Å². The topological polar surface area (TPSA) is 114 Å². The molecule has 1 aliphatic heterocycles. The Hall–Kier alpha value is -2.33. The summed E-state index contributed by atoms with van der Waals surface area (Å²) in [6, 6.07) is 4.64. The van der Waals surface area contributed by atoms with Crippen molar-refractivity contribution >= 4 is 22.1 Å². The molecule has 138 valence electrons.